The van der Waals surface area contributed by atoms with Gasteiger partial charge < -0.3 is 0 Å². The third-order valence-electron chi connectivity index (χ3n) is 3.07. The predicted molar refractivity (Wildman–Crippen MR) is 89.2 cm³/mol. The number of carbonyl (C=O) groups excluding carboxylic acids is 1. The van der Waals surface area contributed by atoms with Gasteiger partial charge in [0, 0.05) is 11.1 Å². The summed E-state index contributed by atoms with van der Waals surface area (Å²) in [5.41, 5.74) is 2.46. The second kappa shape index (κ2) is 6.24. The highest BCUT2D eigenvalue weighted by Crippen LogP contribution is 2.33. The van der Waals surface area contributed by atoms with Crippen LogP contribution in [0.5, 0.6) is 0 Å². The number of hydrogen-bond donors (Lipinski definition) is 0. The second-order valence-electron chi connectivity index (χ2n) is 4.42. The summed E-state index contributed by atoms with van der Waals surface area (Å²) in [7, 11) is 0. The van der Waals surface area contributed by atoms with Crippen molar-refractivity contribution in [2.75, 3.05) is 6.26 Å². The van der Waals surface area contributed by atoms with E-state index in [1.54, 1.807) is 11.8 Å². The van der Waals surface area contributed by atoms with Gasteiger partial charge in [0.05, 0.1) is 5.69 Å². The number of thioether (sulfide) groups is 1. The van der Waals surface area contributed by atoms with E-state index in [1.807, 2.05) is 66.9 Å². The third kappa shape index (κ3) is 2.91. The van der Waals surface area contributed by atoms with E-state index >= 15 is 0 Å². The van der Waals surface area contributed by atoms with Crippen LogP contribution in [0.3, 0.4) is 0 Å². The van der Waals surface area contributed by atoms with E-state index in [0.29, 0.717) is 10.4 Å². The standard InChI is InChI=1S/C17H13NOS2/c1-20-17-18-14(12-8-4-2-5-9-12)16(21-17)15(19)13-10-6-3-7-11-13/h2-11H,1H3. The van der Waals surface area contributed by atoms with Gasteiger partial charge in [0.2, 0.25) is 5.78 Å². The Morgan fingerprint density at radius 3 is 2.24 bits per heavy atom. The molecule has 0 bridgehead atoms. The van der Waals surface area contributed by atoms with Crippen LogP contribution in [0.25, 0.3) is 11.3 Å². The van der Waals surface area contributed by atoms with Crippen LogP contribution < -0.4 is 0 Å². The first kappa shape index (κ1) is 14.0. The number of carbonyl (C=O) groups is 1. The zero-order chi connectivity index (χ0) is 14.7. The first-order valence-electron chi connectivity index (χ1n) is 6.49. The third-order valence-corrected chi connectivity index (χ3v) is 5.11. The molecule has 21 heavy (non-hydrogen) atoms. The van der Waals surface area contributed by atoms with E-state index in [9.17, 15) is 4.79 Å². The van der Waals surface area contributed by atoms with E-state index in [4.69, 9.17) is 0 Å². The number of benzene rings is 2. The van der Waals surface area contributed by atoms with Crippen LogP contribution in [0.2, 0.25) is 0 Å². The molecule has 0 saturated heterocycles. The predicted octanol–water partition coefficient (Wildman–Crippen LogP) is 4.76. The second-order valence-corrected chi connectivity index (χ2v) is 6.48. The van der Waals surface area contributed by atoms with Gasteiger partial charge in [-0.15, -0.1) is 11.3 Å². The molecule has 0 aliphatic rings. The molecule has 2 aromatic carbocycles. The van der Waals surface area contributed by atoms with Crippen LogP contribution in [-0.4, -0.2) is 17.0 Å². The van der Waals surface area contributed by atoms with Crippen molar-refractivity contribution in [2.45, 2.75) is 4.34 Å². The fraction of sp³-hybridized carbons (Fsp3) is 0.0588. The molecule has 0 atom stereocenters. The first-order chi connectivity index (χ1) is 10.3. The maximum atomic E-state index is 12.7. The molecule has 0 radical (unpaired) electrons. The van der Waals surface area contributed by atoms with Crippen LogP contribution in [0, 0.1) is 0 Å². The summed E-state index contributed by atoms with van der Waals surface area (Å²) in [6, 6.07) is 19.2. The van der Waals surface area contributed by atoms with E-state index in [0.717, 1.165) is 15.6 Å². The molecule has 2 nitrogen and oxygen atoms in total. The Hall–Kier alpha value is -1.91. The number of hydrogen-bond acceptors (Lipinski definition) is 4. The Kier molecular flexibility index (Phi) is 4.18. The largest absolute Gasteiger partial charge is 0.288 e. The lowest BCUT2D eigenvalue weighted by Crippen LogP contribution is -2.00. The Balaban J connectivity index is 2.10. The summed E-state index contributed by atoms with van der Waals surface area (Å²) in [6.07, 6.45) is 1.98. The van der Waals surface area contributed by atoms with Crippen molar-refractivity contribution < 1.29 is 4.79 Å². The fourth-order valence-corrected chi connectivity index (χ4v) is 3.60. The van der Waals surface area contributed by atoms with Crippen LogP contribution >= 0.6 is 23.1 Å². The maximum Gasteiger partial charge on any atom is 0.205 e. The van der Waals surface area contributed by atoms with Crippen LogP contribution in [0.15, 0.2) is 65.0 Å². The minimum absolute atomic E-state index is 0.0345. The Morgan fingerprint density at radius 1 is 1.00 bits per heavy atom. The lowest BCUT2D eigenvalue weighted by atomic mass is 10.1. The number of thiazole rings is 1. The van der Waals surface area contributed by atoms with Crippen LogP contribution in [0.4, 0.5) is 0 Å². The van der Waals surface area contributed by atoms with Crippen molar-refractivity contribution in [2.24, 2.45) is 0 Å². The summed E-state index contributed by atoms with van der Waals surface area (Å²) in [6.45, 7) is 0. The van der Waals surface area contributed by atoms with Gasteiger partial charge in [-0.2, -0.15) is 0 Å². The van der Waals surface area contributed by atoms with Gasteiger partial charge in [-0.1, -0.05) is 72.4 Å². The molecule has 1 heterocycles. The molecule has 0 aliphatic heterocycles. The van der Waals surface area contributed by atoms with Gasteiger partial charge in [-0.3, -0.25) is 4.79 Å². The zero-order valence-electron chi connectivity index (χ0n) is 11.4. The van der Waals surface area contributed by atoms with Crippen molar-refractivity contribution in [3.8, 4) is 11.3 Å². The number of nitrogens with zero attached hydrogens (tertiary/aromatic N) is 1. The van der Waals surface area contributed by atoms with Crippen LogP contribution in [-0.2, 0) is 0 Å². The normalized spacial score (nSPS) is 10.5. The topological polar surface area (TPSA) is 30.0 Å². The molecule has 0 amide bonds. The van der Waals surface area contributed by atoms with E-state index in [2.05, 4.69) is 4.98 Å². The average molecular weight is 311 g/mol. The van der Waals surface area contributed by atoms with Crippen molar-refractivity contribution in [1.82, 2.24) is 4.98 Å². The van der Waals surface area contributed by atoms with Gasteiger partial charge in [0.1, 0.15) is 4.88 Å². The highest BCUT2D eigenvalue weighted by molar-refractivity contribution is 8.00. The quantitative estimate of drug-likeness (QED) is 0.514. The smallest absolute Gasteiger partial charge is 0.205 e. The highest BCUT2D eigenvalue weighted by Gasteiger charge is 2.20. The zero-order valence-corrected chi connectivity index (χ0v) is 13.1. The molecule has 104 valence electrons. The summed E-state index contributed by atoms with van der Waals surface area (Å²) < 4.78 is 0.910. The summed E-state index contributed by atoms with van der Waals surface area (Å²) >= 11 is 3.03. The first-order valence-corrected chi connectivity index (χ1v) is 8.53. The molecule has 0 spiro atoms. The van der Waals surface area contributed by atoms with E-state index in [-0.39, 0.29) is 5.78 Å². The number of aromatic nitrogens is 1. The molecule has 1 aromatic heterocycles. The lowest BCUT2D eigenvalue weighted by Gasteiger charge is -2.02. The van der Waals surface area contributed by atoms with Crippen LogP contribution in [0.1, 0.15) is 15.2 Å². The molecular weight excluding hydrogens is 298 g/mol. The highest BCUT2D eigenvalue weighted by atomic mass is 32.2. The summed E-state index contributed by atoms with van der Waals surface area (Å²) in [5, 5.41) is 0. The Bertz CT molecular complexity index is 751. The van der Waals surface area contributed by atoms with Gasteiger partial charge >= 0.3 is 0 Å². The summed E-state index contributed by atoms with van der Waals surface area (Å²) in [4.78, 5) is 18.0. The minimum Gasteiger partial charge on any atom is -0.288 e. The molecule has 0 unspecified atom stereocenters. The Morgan fingerprint density at radius 2 is 1.62 bits per heavy atom. The number of ketones is 1. The summed E-state index contributed by atoms with van der Waals surface area (Å²) in [5.74, 6) is 0.0345. The molecule has 0 N–H and O–H groups in total. The SMILES string of the molecule is CSc1nc(-c2ccccc2)c(C(=O)c2ccccc2)s1. The van der Waals surface area contributed by atoms with Crippen molar-refractivity contribution in [3.05, 3.63) is 71.1 Å². The fourth-order valence-electron chi connectivity index (χ4n) is 2.05. The molecular formula is C17H13NOS2. The van der Waals surface area contributed by atoms with Gasteiger partial charge in [0.25, 0.3) is 0 Å². The molecule has 3 aromatic rings. The lowest BCUT2D eigenvalue weighted by molar-refractivity contribution is 0.104. The van der Waals surface area contributed by atoms with Crippen molar-refractivity contribution >= 4 is 28.9 Å². The van der Waals surface area contributed by atoms with Gasteiger partial charge in [0.15, 0.2) is 4.34 Å². The average Bonchev–Trinajstić information content (AvgIpc) is 3.00. The molecule has 0 aliphatic carbocycles. The Labute approximate surface area is 131 Å². The molecule has 3 rings (SSSR count). The van der Waals surface area contributed by atoms with Crippen molar-refractivity contribution in [1.29, 1.82) is 0 Å². The van der Waals surface area contributed by atoms with E-state index < -0.39 is 0 Å². The monoisotopic (exact) mass is 311 g/mol. The van der Waals surface area contributed by atoms with Gasteiger partial charge in [-0.25, -0.2) is 4.98 Å². The molecule has 4 heteroatoms. The minimum atomic E-state index is 0.0345. The molecule has 0 saturated carbocycles. The molecule has 0 fully saturated rings. The van der Waals surface area contributed by atoms with E-state index in [1.165, 1.54) is 11.3 Å². The maximum absolute atomic E-state index is 12.7. The number of rotatable bonds is 4. The van der Waals surface area contributed by atoms with Gasteiger partial charge in [-0.05, 0) is 6.26 Å². The van der Waals surface area contributed by atoms with Crippen molar-refractivity contribution in [3.63, 3.8) is 0 Å².